The lowest BCUT2D eigenvalue weighted by Gasteiger charge is -2.35. The average Bonchev–Trinajstić information content (AvgIpc) is 2.86. The van der Waals surface area contributed by atoms with Gasteiger partial charge >= 0.3 is 0 Å². The van der Waals surface area contributed by atoms with Gasteiger partial charge in [-0.05, 0) is 72.0 Å². The first-order valence-electron chi connectivity index (χ1n) is 13.2. The van der Waals surface area contributed by atoms with Gasteiger partial charge in [0.05, 0.1) is 28.4 Å². The molecule has 1 fully saturated rings. The zero-order valence-corrected chi connectivity index (χ0v) is 25.4. The second-order valence-corrected chi connectivity index (χ2v) is 13.9. The zero-order valence-electron chi connectivity index (χ0n) is 23.8. The summed E-state index contributed by atoms with van der Waals surface area (Å²) in [6.07, 6.45) is 1.53. The molecule has 2 aromatic carbocycles. The zero-order chi connectivity index (χ0) is 29.1. The third-order valence-electron chi connectivity index (χ3n) is 6.35. The van der Waals surface area contributed by atoms with Crippen molar-refractivity contribution in [2.24, 2.45) is 0 Å². The van der Waals surface area contributed by atoms with Gasteiger partial charge in [0.2, 0.25) is 16.0 Å². The molecule has 1 aliphatic rings. The van der Waals surface area contributed by atoms with Crippen LogP contribution in [-0.4, -0.2) is 67.4 Å². The van der Waals surface area contributed by atoms with Crippen LogP contribution in [0.4, 0.5) is 34.5 Å². The molecule has 4 rings (SSSR count). The number of rotatable bonds is 9. The first kappa shape index (κ1) is 29.7. The van der Waals surface area contributed by atoms with Gasteiger partial charge < -0.3 is 25.2 Å². The fourth-order valence-electron chi connectivity index (χ4n) is 4.00. The van der Waals surface area contributed by atoms with E-state index >= 15 is 0 Å². The van der Waals surface area contributed by atoms with Crippen LogP contribution in [0.2, 0.25) is 5.02 Å². The van der Waals surface area contributed by atoms with Crippen LogP contribution >= 0.6 is 11.6 Å². The largest absolute Gasteiger partial charge is 0.489 e. The first-order valence-corrected chi connectivity index (χ1v) is 15.1. The Morgan fingerprint density at radius 1 is 0.975 bits per heavy atom. The van der Waals surface area contributed by atoms with Crippen LogP contribution in [0, 0.1) is 0 Å². The summed E-state index contributed by atoms with van der Waals surface area (Å²) in [7, 11) is -1.43. The highest BCUT2D eigenvalue weighted by Crippen LogP contribution is 2.34. The van der Waals surface area contributed by atoms with E-state index in [9.17, 15) is 8.42 Å². The summed E-state index contributed by atoms with van der Waals surface area (Å²) in [6, 6.07) is 12.9. The van der Waals surface area contributed by atoms with Crippen LogP contribution in [0.3, 0.4) is 0 Å². The molecule has 0 aliphatic carbocycles. The Morgan fingerprint density at radius 3 is 2.33 bits per heavy atom. The SMILES string of the molecule is CC(C)Oc1cc(Nc2ncc(Cl)c(Nc3cccc(NS(=O)(=O)C(C)(C)C)c3)n2)ccc1N1CCN(C)CC1. The predicted molar refractivity (Wildman–Crippen MR) is 164 cm³/mol. The number of ether oxygens (including phenoxy) is 1. The summed E-state index contributed by atoms with van der Waals surface area (Å²) < 4.78 is 33.0. The van der Waals surface area contributed by atoms with Crippen LogP contribution < -0.4 is 25.0 Å². The van der Waals surface area contributed by atoms with Gasteiger partial charge in [-0.2, -0.15) is 4.98 Å². The predicted octanol–water partition coefficient (Wildman–Crippen LogP) is 5.70. The molecule has 0 amide bonds. The molecule has 10 nitrogen and oxygen atoms in total. The number of piperazine rings is 1. The van der Waals surface area contributed by atoms with Gasteiger partial charge in [-0.1, -0.05) is 17.7 Å². The van der Waals surface area contributed by atoms with Gasteiger partial charge in [-0.15, -0.1) is 0 Å². The maximum atomic E-state index is 12.6. The van der Waals surface area contributed by atoms with Crippen molar-refractivity contribution in [3.8, 4) is 5.75 Å². The number of likely N-dealkylation sites (N-methyl/N-ethyl adjacent to an activating group) is 1. The van der Waals surface area contributed by atoms with Gasteiger partial charge in [0, 0.05) is 43.6 Å². The van der Waals surface area contributed by atoms with E-state index in [-0.39, 0.29) is 6.10 Å². The van der Waals surface area contributed by atoms with E-state index in [1.165, 1.54) is 6.20 Å². The number of nitrogens with one attached hydrogen (secondary N) is 3. The molecule has 216 valence electrons. The fourth-order valence-corrected chi connectivity index (χ4v) is 4.88. The molecule has 1 aromatic heterocycles. The van der Waals surface area contributed by atoms with Crippen molar-refractivity contribution in [1.82, 2.24) is 14.9 Å². The standard InChI is InChI=1S/C28H38ClN7O3S/c1-19(2)39-25-17-21(10-11-24(25)36-14-12-35(6)13-15-36)32-27-30-18-23(29)26(33-27)31-20-8-7-9-22(16-20)34-40(37,38)28(3,4)5/h7-11,16-19,34H,12-15H2,1-6H3,(H2,30,31,32,33). The minimum atomic E-state index is -3.57. The van der Waals surface area contributed by atoms with E-state index < -0.39 is 14.8 Å². The van der Waals surface area contributed by atoms with Gasteiger partial charge in [0.15, 0.2) is 5.82 Å². The number of sulfonamides is 1. The highest BCUT2D eigenvalue weighted by atomic mass is 35.5. The summed E-state index contributed by atoms with van der Waals surface area (Å²) in [5, 5.41) is 6.73. The van der Waals surface area contributed by atoms with E-state index in [0.717, 1.165) is 43.3 Å². The molecule has 0 bridgehead atoms. The molecule has 3 N–H and O–H groups in total. The lowest BCUT2D eigenvalue weighted by molar-refractivity contribution is 0.241. The number of anilines is 6. The van der Waals surface area contributed by atoms with Crippen molar-refractivity contribution in [2.75, 3.05) is 53.5 Å². The van der Waals surface area contributed by atoms with Crippen LogP contribution in [0.15, 0.2) is 48.7 Å². The summed E-state index contributed by atoms with van der Waals surface area (Å²) in [4.78, 5) is 13.6. The van der Waals surface area contributed by atoms with Crippen molar-refractivity contribution < 1.29 is 13.2 Å². The number of aromatic nitrogens is 2. The molecule has 0 atom stereocenters. The second-order valence-electron chi connectivity index (χ2n) is 11.1. The smallest absolute Gasteiger partial charge is 0.237 e. The first-order chi connectivity index (χ1) is 18.8. The van der Waals surface area contributed by atoms with Crippen LogP contribution in [-0.2, 0) is 10.0 Å². The summed E-state index contributed by atoms with van der Waals surface area (Å²) in [5.41, 5.74) is 2.89. The van der Waals surface area contributed by atoms with Crippen molar-refractivity contribution >= 4 is 56.1 Å². The minimum Gasteiger partial charge on any atom is -0.489 e. The van der Waals surface area contributed by atoms with E-state index in [1.807, 2.05) is 26.0 Å². The lowest BCUT2D eigenvalue weighted by Crippen LogP contribution is -2.44. The molecular weight excluding hydrogens is 550 g/mol. The topological polar surface area (TPSA) is 112 Å². The maximum absolute atomic E-state index is 12.6. The summed E-state index contributed by atoms with van der Waals surface area (Å²) in [6.45, 7) is 12.8. The van der Waals surface area contributed by atoms with Crippen LogP contribution in [0.5, 0.6) is 5.75 Å². The van der Waals surface area contributed by atoms with E-state index in [0.29, 0.717) is 28.2 Å². The summed E-state index contributed by atoms with van der Waals surface area (Å²) >= 11 is 6.40. The molecule has 40 heavy (non-hydrogen) atoms. The molecular formula is C28H38ClN7O3S. The number of halogens is 1. The lowest BCUT2D eigenvalue weighted by atomic mass is 10.2. The molecule has 0 radical (unpaired) electrons. The van der Waals surface area contributed by atoms with Crippen molar-refractivity contribution in [3.63, 3.8) is 0 Å². The molecule has 12 heteroatoms. The van der Waals surface area contributed by atoms with Crippen molar-refractivity contribution in [2.45, 2.75) is 45.5 Å². The molecule has 1 aliphatic heterocycles. The molecule has 3 aromatic rings. The second kappa shape index (κ2) is 12.1. The summed E-state index contributed by atoms with van der Waals surface area (Å²) in [5.74, 6) is 1.52. The molecule has 2 heterocycles. The van der Waals surface area contributed by atoms with Crippen molar-refractivity contribution in [1.29, 1.82) is 0 Å². The Morgan fingerprint density at radius 2 is 1.65 bits per heavy atom. The quantitative estimate of drug-likeness (QED) is 0.290. The average molecular weight is 588 g/mol. The van der Waals surface area contributed by atoms with Gasteiger partial charge in [0.25, 0.3) is 0 Å². The number of nitrogens with zero attached hydrogens (tertiary/aromatic N) is 4. The van der Waals surface area contributed by atoms with E-state index in [4.69, 9.17) is 16.3 Å². The van der Waals surface area contributed by atoms with Gasteiger partial charge in [0.1, 0.15) is 10.8 Å². The highest BCUT2D eigenvalue weighted by Gasteiger charge is 2.29. The van der Waals surface area contributed by atoms with E-state index in [1.54, 1.807) is 45.0 Å². The van der Waals surface area contributed by atoms with Crippen LogP contribution in [0.1, 0.15) is 34.6 Å². The molecule has 1 saturated heterocycles. The Balaban J connectivity index is 1.53. The molecule has 0 saturated carbocycles. The maximum Gasteiger partial charge on any atom is 0.237 e. The molecule has 0 spiro atoms. The molecule has 0 unspecified atom stereocenters. The highest BCUT2D eigenvalue weighted by molar-refractivity contribution is 7.94. The van der Waals surface area contributed by atoms with Crippen molar-refractivity contribution in [3.05, 3.63) is 53.7 Å². The van der Waals surface area contributed by atoms with Crippen LogP contribution in [0.25, 0.3) is 0 Å². The minimum absolute atomic E-state index is 0.0210. The monoisotopic (exact) mass is 587 g/mol. The Kier molecular flexibility index (Phi) is 8.96. The number of hydrogen-bond donors (Lipinski definition) is 3. The normalized spacial score (nSPS) is 14.8. The number of benzene rings is 2. The van der Waals surface area contributed by atoms with Gasteiger partial charge in [-0.25, -0.2) is 13.4 Å². The number of hydrogen-bond acceptors (Lipinski definition) is 9. The fraction of sp³-hybridized carbons (Fsp3) is 0.429. The van der Waals surface area contributed by atoms with E-state index in [2.05, 4.69) is 48.2 Å². The Bertz CT molecular complexity index is 1440. The third-order valence-corrected chi connectivity index (χ3v) is 8.74. The third kappa shape index (κ3) is 7.47. The Hall–Kier alpha value is -3.28. The Labute approximate surface area is 242 Å². The van der Waals surface area contributed by atoms with Gasteiger partial charge in [-0.3, -0.25) is 4.72 Å².